The van der Waals surface area contributed by atoms with Crippen LogP contribution in [0, 0.1) is 0 Å². The van der Waals surface area contributed by atoms with E-state index in [0.717, 1.165) is 30.0 Å². The summed E-state index contributed by atoms with van der Waals surface area (Å²) in [6.07, 6.45) is 9.77. The minimum atomic E-state index is -0.137. The zero-order valence-corrected chi connectivity index (χ0v) is 15.8. The van der Waals surface area contributed by atoms with Crippen LogP contribution in [0.1, 0.15) is 49.5 Å². The fourth-order valence-corrected chi connectivity index (χ4v) is 3.16. The summed E-state index contributed by atoms with van der Waals surface area (Å²) in [6.45, 7) is 3.26. The molecule has 0 atom stereocenters. The van der Waals surface area contributed by atoms with Gasteiger partial charge in [-0.2, -0.15) is 0 Å². The molecule has 0 radical (unpaired) electrons. The van der Waals surface area contributed by atoms with Crippen molar-refractivity contribution in [2.24, 2.45) is 0 Å². The maximum atomic E-state index is 12.4. The lowest BCUT2D eigenvalue weighted by molar-refractivity contribution is 0.0949. The predicted molar refractivity (Wildman–Crippen MR) is 109 cm³/mol. The van der Waals surface area contributed by atoms with Gasteiger partial charge < -0.3 is 15.4 Å². The van der Waals surface area contributed by atoms with Crippen LogP contribution in [0.25, 0.3) is 0 Å². The molecule has 5 heteroatoms. The molecule has 1 aromatic heterocycles. The van der Waals surface area contributed by atoms with Crippen molar-refractivity contribution in [2.45, 2.75) is 39.0 Å². The molecule has 1 amide bonds. The van der Waals surface area contributed by atoms with Crippen LogP contribution in [0.5, 0.6) is 5.75 Å². The third-order valence-corrected chi connectivity index (χ3v) is 4.56. The Morgan fingerprint density at radius 1 is 1.15 bits per heavy atom. The van der Waals surface area contributed by atoms with E-state index in [0.29, 0.717) is 18.8 Å². The van der Waals surface area contributed by atoms with E-state index in [1.54, 1.807) is 12.3 Å². The Labute approximate surface area is 160 Å². The molecule has 5 nitrogen and oxygen atoms in total. The first-order chi connectivity index (χ1) is 13.2. The molecule has 0 unspecified atom stereocenters. The largest absolute Gasteiger partial charge is 0.494 e. The molecule has 1 aliphatic carbocycles. The van der Waals surface area contributed by atoms with E-state index in [1.807, 2.05) is 37.3 Å². The first kappa shape index (κ1) is 19.0. The zero-order chi connectivity index (χ0) is 18.9. The van der Waals surface area contributed by atoms with Gasteiger partial charge in [-0.05, 0) is 75.4 Å². The maximum Gasteiger partial charge on any atom is 0.269 e. The number of nitrogens with one attached hydrogen (secondary N) is 2. The van der Waals surface area contributed by atoms with Crippen molar-refractivity contribution >= 4 is 17.3 Å². The SMILES string of the molecule is CCOc1ccc(Nc2ccnc(C(=O)NCCC3=CCCCC3)c2)cc1. The fraction of sp³-hybridized carbons (Fsp3) is 0.364. The number of rotatable bonds is 8. The van der Waals surface area contributed by atoms with E-state index in [2.05, 4.69) is 21.7 Å². The second kappa shape index (κ2) is 9.76. The van der Waals surface area contributed by atoms with Gasteiger partial charge in [-0.3, -0.25) is 9.78 Å². The molecule has 2 N–H and O–H groups in total. The molecule has 27 heavy (non-hydrogen) atoms. The standard InChI is InChI=1S/C22H27N3O2/c1-2-27-20-10-8-18(9-11-20)25-19-13-15-23-21(16-19)22(26)24-14-12-17-6-4-3-5-7-17/h6,8-11,13,15-16H,2-5,7,12,14H2,1H3,(H,23,25)(H,24,26). The van der Waals surface area contributed by atoms with Crippen LogP contribution < -0.4 is 15.4 Å². The van der Waals surface area contributed by atoms with Gasteiger partial charge in [-0.1, -0.05) is 11.6 Å². The van der Waals surface area contributed by atoms with Gasteiger partial charge in [-0.25, -0.2) is 0 Å². The second-order valence-corrected chi connectivity index (χ2v) is 6.63. The summed E-state index contributed by atoms with van der Waals surface area (Å²) in [7, 11) is 0. The van der Waals surface area contributed by atoms with Gasteiger partial charge in [0.05, 0.1) is 6.61 Å². The number of hydrogen-bond donors (Lipinski definition) is 2. The topological polar surface area (TPSA) is 63.2 Å². The highest BCUT2D eigenvalue weighted by molar-refractivity contribution is 5.93. The molecular weight excluding hydrogens is 338 g/mol. The molecule has 3 rings (SSSR count). The van der Waals surface area contributed by atoms with Gasteiger partial charge in [0.25, 0.3) is 5.91 Å². The van der Waals surface area contributed by atoms with Crippen LogP contribution in [0.2, 0.25) is 0 Å². The highest BCUT2D eigenvalue weighted by Crippen LogP contribution is 2.21. The van der Waals surface area contributed by atoms with Crippen LogP contribution in [-0.2, 0) is 0 Å². The first-order valence-electron chi connectivity index (χ1n) is 9.66. The molecule has 0 saturated heterocycles. The third kappa shape index (κ3) is 5.84. The minimum Gasteiger partial charge on any atom is -0.494 e. The number of pyridine rings is 1. The maximum absolute atomic E-state index is 12.4. The van der Waals surface area contributed by atoms with E-state index in [9.17, 15) is 4.79 Å². The van der Waals surface area contributed by atoms with Crippen molar-refractivity contribution in [3.8, 4) is 5.75 Å². The summed E-state index contributed by atoms with van der Waals surface area (Å²) in [6, 6.07) is 11.3. The number of aromatic nitrogens is 1. The van der Waals surface area contributed by atoms with Crippen molar-refractivity contribution in [2.75, 3.05) is 18.5 Å². The summed E-state index contributed by atoms with van der Waals surface area (Å²) in [5, 5.41) is 6.26. The van der Waals surface area contributed by atoms with Crippen molar-refractivity contribution in [1.29, 1.82) is 0 Å². The highest BCUT2D eigenvalue weighted by Gasteiger charge is 2.09. The van der Waals surface area contributed by atoms with Crippen molar-refractivity contribution < 1.29 is 9.53 Å². The Balaban J connectivity index is 1.54. The molecule has 0 saturated carbocycles. The third-order valence-electron chi connectivity index (χ3n) is 4.56. The number of hydrogen-bond acceptors (Lipinski definition) is 4. The lowest BCUT2D eigenvalue weighted by atomic mass is 9.97. The molecule has 0 spiro atoms. The number of carbonyl (C=O) groups excluding carboxylic acids is 1. The highest BCUT2D eigenvalue weighted by atomic mass is 16.5. The van der Waals surface area contributed by atoms with E-state index in [1.165, 1.54) is 24.8 Å². The van der Waals surface area contributed by atoms with Crippen LogP contribution in [0.3, 0.4) is 0 Å². The van der Waals surface area contributed by atoms with Crippen LogP contribution in [0.15, 0.2) is 54.2 Å². The van der Waals surface area contributed by atoms with Crippen LogP contribution in [-0.4, -0.2) is 24.0 Å². The molecule has 0 aliphatic heterocycles. The fourth-order valence-electron chi connectivity index (χ4n) is 3.16. The van der Waals surface area contributed by atoms with Gasteiger partial charge in [0.1, 0.15) is 11.4 Å². The quantitative estimate of drug-likeness (QED) is 0.657. The predicted octanol–water partition coefficient (Wildman–Crippen LogP) is 4.84. The van der Waals surface area contributed by atoms with Crippen LogP contribution in [0.4, 0.5) is 11.4 Å². The smallest absolute Gasteiger partial charge is 0.269 e. The summed E-state index contributed by atoms with van der Waals surface area (Å²) in [4.78, 5) is 16.6. The summed E-state index contributed by atoms with van der Waals surface area (Å²) in [5.41, 5.74) is 3.64. The van der Waals surface area contributed by atoms with Gasteiger partial charge in [-0.15, -0.1) is 0 Å². The van der Waals surface area contributed by atoms with Crippen molar-refractivity contribution in [3.63, 3.8) is 0 Å². The van der Waals surface area contributed by atoms with E-state index in [4.69, 9.17) is 4.74 Å². The van der Waals surface area contributed by atoms with E-state index < -0.39 is 0 Å². The lowest BCUT2D eigenvalue weighted by Crippen LogP contribution is -2.25. The molecule has 2 aromatic rings. The second-order valence-electron chi connectivity index (χ2n) is 6.63. The molecule has 0 bridgehead atoms. The number of carbonyl (C=O) groups is 1. The Morgan fingerprint density at radius 3 is 2.74 bits per heavy atom. The van der Waals surface area contributed by atoms with Gasteiger partial charge in [0.15, 0.2) is 0 Å². The molecule has 1 heterocycles. The number of anilines is 2. The molecule has 0 fully saturated rings. The Kier molecular flexibility index (Phi) is 6.85. The molecule has 142 valence electrons. The summed E-state index contributed by atoms with van der Waals surface area (Å²) in [5.74, 6) is 0.702. The van der Waals surface area contributed by atoms with Crippen LogP contribution >= 0.6 is 0 Å². The summed E-state index contributed by atoms with van der Waals surface area (Å²) < 4.78 is 5.45. The average Bonchev–Trinajstić information content (AvgIpc) is 2.71. The minimum absolute atomic E-state index is 0.137. The Hall–Kier alpha value is -2.82. The number of allylic oxidation sites excluding steroid dienone is 1. The van der Waals surface area contributed by atoms with Crippen molar-refractivity contribution in [3.05, 3.63) is 59.9 Å². The Morgan fingerprint density at radius 2 is 2.00 bits per heavy atom. The average molecular weight is 365 g/mol. The number of ether oxygens (including phenoxy) is 1. The van der Waals surface area contributed by atoms with E-state index in [-0.39, 0.29) is 5.91 Å². The van der Waals surface area contributed by atoms with E-state index >= 15 is 0 Å². The van der Waals surface area contributed by atoms with Gasteiger partial charge >= 0.3 is 0 Å². The van der Waals surface area contributed by atoms with Gasteiger partial charge in [0, 0.05) is 24.1 Å². The number of benzene rings is 1. The first-order valence-corrected chi connectivity index (χ1v) is 9.66. The molecular formula is C22H27N3O2. The Bertz CT molecular complexity index is 784. The lowest BCUT2D eigenvalue weighted by Gasteiger charge is -2.13. The number of amides is 1. The summed E-state index contributed by atoms with van der Waals surface area (Å²) >= 11 is 0. The normalized spacial score (nSPS) is 13.6. The van der Waals surface area contributed by atoms with Crippen molar-refractivity contribution in [1.82, 2.24) is 10.3 Å². The number of nitrogens with zero attached hydrogens (tertiary/aromatic N) is 1. The monoisotopic (exact) mass is 365 g/mol. The zero-order valence-electron chi connectivity index (χ0n) is 15.8. The molecule has 1 aromatic carbocycles. The molecule has 1 aliphatic rings. The van der Waals surface area contributed by atoms with Gasteiger partial charge in [0.2, 0.25) is 0 Å².